The van der Waals surface area contributed by atoms with Gasteiger partial charge in [-0.15, -0.1) is 17.7 Å². The van der Waals surface area contributed by atoms with E-state index in [1.54, 1.807) is 44.2 Å². The maximum Gasteiger partial charge on any atom is 0.326 e. The molecule has 0 spiro atoms. The summed E-state index contributed by atoms with van der Waals surface area (Å²) >= 11 is 0. The van der Waals surface area contributed by atoms with Crippen molar-refractivity contribution in [2.45, 2.75) is 44.6 Å². The molecule has 0 heterocycles. The molecule has 0 aliphatic carbocycles. The largest absolute Gasteiger partial charge is 0.523 e. The minimum Gasteiger partial charge on any atom is -0.523 e. The third kappa shape index (κ3) is 8.24. The SMILES string of the molecule is COC(=O)C(CCCN(C)CCc1ccc(C=O)c(C=O)c1)(C(=O)OC(C)C)c1cc[c-]c(OC)c1.[Co]. The standard InChI is InChI=1S/C28H34NO7.Co/c1-20(2)36-27(33)28(26(32)35-5,24-8-6-9-25(17-24)34-4)13-7-14-29(3)15-12-21-10-11-22(18-30)23(16-21)19-31;/h6,8,10-11,16-20H,7,12-15H2,1-5H3;/q-1;. The number of hydrogen-bond donors (Lipinski definition) is 0. The smallest absolute Gasteiger partial charge is 0.326 e. The quantitative estimate of drug-likeness (QED) is 0.151. The summed E-state index contributed by atoms with van der Waals surface area (Å²) in [4.78, 5) is 50.8. The van der Waals surface area contributed by atoms with Crippen molar-refractivity contribution in [3.05, 3.63) is 64.7 Å². The number of methoxy groups -OCH3 is 2. The fourth-order valence-electron chi connectivity index (χ4n) is 4.02. The second kappa shape index (κ2) is 15.3. The van der Waals surface area contributed by atoms with Crippen molar-refractivity contribution in [2.24, 2.45) is 0 Å². The zero-order valence-electron chi connectivity index (χ0n) is 21.9. The first-order chi connectivity index (χ1) is 17.2. The van der Waals surface area contributed by atoms with Crippen LogP contribution in [0.15, 0.2) is 36.4 Å². The van der Waals surface area contributed by atoms with E-state index < -0.39 is 23.5 Å². The summed E-state index contributed by atoms with van der Waals surface area (Å²) in [7, 11) is 4.68. The predicted molar refractivity (Wildman–Crippen MR) is 134 cm³/mol. The molecule has 37 heavy (non-hydrogen) atoms. The van der Waals surface area contributed by atoms with Gasteiger partial charge in [0.05, 0.1) is 20.3 Å². The van der Waals surface area contributed by atoms with Gasteiger partial charge in [-0.2, -0.15) is 12.1 Å². The second-order valence-corrected chi connectivity index (χ2v) is 8.85. The van der Waals surface area contributed by atoms with Gasteiger partial charge in [0.25, 0.3) is 0 Å². The van der Waals surface area contributed by atoms with Gasteiger partial charge in [-0.05, 0) is 58.3 Å². The Bertz CT molecular complexity index is 1070. The van der Waals surface area contributed by atoms with Crippen LogP contribution >= 0.6 is 0 Å². The van der Waals surface area contributed by atoms with Gasteiger partial charge in [-0.3, -0.25) is 19.2 Å². The van der Waals surface area contributed by atoms with Crippen LogP contribution < -0.4 is 4.74 Å². The van der Waals surface area contributed by atoms with Crippen molar-refractivity contribution >= 4 is 24.5 Å². The van der Waals surface area contributed by atoms with E-state index in [1.807, 2.05) is 13.1 Å². The Morgan fingerprint density at radius 2 is 1.73 bits per heavy atom. The molecule has 1 unspecified atom stereocenters. The zero-order valence-corrected chi connectivity index (χ0v) is 22.9. The first-order valence-corrected chi connectivity index (χ1v) is 11.8. The Kier molecular flexibility index (Phi) is 13.2. The Morgan fingerprint density at radius 3 is 2.32 bits per heavy atom. The van der Waals surface area contributed by atoms with Crippen molar-refractivity contribution in [1.29, 1.82) is 0 Å². The first-order valence-electron chi connectivity index (χ1n) is 11.8. The van der Waals surface area contributed by atoms with Gasteiger partial charge in [0, 0.05) is 40.2 Å². The van der Waals surface area contributed by atoms with Crippen LogP contribution in [-0.2, 0) is 47.7 Å². The zero-order chi connectivity index (χ0) is 26.7. The number of benzene rings is 2. The van der Waals surface area contributed by atoms with Gasteiger partial charge in [0.1, 0.15) is 0 Å². The van der Waals surface area contributed by atoms with Gasteiger partial charge in [-0.1, -0.05) is 12.1 Å². The average molecular weight is 556 g/mol. The molecule has 2 aromatic carbocycles. The van der Waals surface area contributed by atoms with Crippen molar-refractivity contribution in [2.75, 3.05) is 34.4 Å². The summed E-state index contributed by atoms with van der Waals surface area (Å²) in [5.74, 6) is -0.969. The molecule has 9 heteroatoms. The molecule has 8 nitrogen and oxygen atoms in total. The van der Waals surface area contributed by atoms with Gasteiger partial charge in [0.15, 0.2) is 18.0 Å². The molecule has 0 aromatic heterocycles. The van der Waals surface area contributed by atoms with Crippen molar-refractivity contribution in [1.82, 2.24) is 4.90 Å². The van der Waals surface area contributed by atoms with E-state index >= 15 is 0 Å². The average Bonchev–Trinajstić information content (AvgIpc) is 2.88. The molecule has 2 rings (SSSR count). The van der Waals surface area contributed by atoms with E-state index in [9.17, 15) is 19.2 Å². The number of rotatable bonds is 14. The molecule has 0 N–H and O–H groups in total. The Labute approximate surface area is 228 Å². The number of esters is 2. The number of nitrogens with zero attached hydrogens (tertiary/aromatic N) is 1. The van der Waals surface area contributed by atoms with E-state index in [-0.39, 0.29) is 23.2 Å². The number of carbonyl (C=O) groups excluding carboxylic acids is 4. The van der Waals surface area contributed by atoms with Crippen molar-refractivity contribution in [3.63, 3.8) is 0 Å². The van der Waals surface area contributed by atoms with Crippen molar-refractivity contribution < 1.29 is 50.2 Å². The molecule has 0 aliphatic rings. The maximum atomic E-state index is 13.3. The number of hydrogen-bond acceptors (Lipinski definition) is 8. The predicted octanol–water partition coefficient (Wildman–Crippen LogP) is 3.43. The summed E-state index contributed by atoms with van der Waals surface area (Å²) in [5.41, 5.74) is 0.449. The van der Waals surface area contributed by atoms with E-state index in [2.05, 4.69) is 11.0 Å². The minimum atomic E-state index is -1.65. The summed E-state index contributed by atoms with van der Waals surface area (Å²) < 4.78 is 15.9. The third-order valence-electron chi connectivity index (χ3n) is 5.99. The normalized spacial score (nSPS) is 12.3. The van der Waals surface area contributed by atoms with Crippen LogP contribution in [0.3, 0.4) is 0 Å². The van der Waals surface area contributed by atoms with E-state index in [0.717, 1.165) is 5.56 Å². The van der Waals surface area contributed by atoms with E-state index in [4.69, 9.17) is 14.2 Å². The number of ether oxygens (including phenoxy) is 3. The van der Waals surface area contributed by atoms with Crippen LogP contribution in [0.25, 0.3) is 0 Å². The fourth-order valence-corrected chi connectivity index (χ4v) is 4.02. The first kappa shape index (κ1) is 32.0. The molecular formula is C28H34CoNO7-. The number of carbonyl (C=O) groups is 4. The summed E-state index contributed by atoms with van der Waals surface area (Å²) in [6, 6.07) is 13.0. The Morgan fingerprint density at radius 1 is 1.03 bits per heavy atom. The Hall–Kier alpha value is -3.01. The van der Waals surface area contributed by atoms with Crippen LogP contribution in [0, 0.1) is 6.07 Å². The molecule has 203 valence electrons. The maximum absolute atomic E-state index is 13.3. The molecule has 1 atom stereocenters. The summed E-state index contributed by atoms with van der Waals surface area (Å²) in [5, 5.41) is 0. The van der Waals surface area contributed by atoms with Crippen LogP contribution in [0.1, 0.15) is 58.5 Å². The van der Waals surface area contributed by atoms with Crippen LogP contribution in [0.5, 0.6) is 5.75 Å². The summed E-state index contributed by atoms with van der Waals surface area (Å²) in [6.45, 7) is 4.72. The molecule has 0 saturated heterocycles. The molecule has 0 aliphatic heterocycles. The van der Waals surface area contributed by atoms with Crippen LogP contribution in [-0.4, -0.2) is 69.9 Å². The number of aldehydes is 2. The monoisotopic (exact) mass is 555 g/mol. The summed E-state index contributed by atoms with van der Waals surface area (Å²) in [6.07, 6.45) is 2.27. The van der Waals surface area contributed by atoms with Crippen molar-refractivity contribution in [3.8, 4) is 5.75 Å². The number of likely N-dealkylation sites (N-methyl/N-ethyl adjacent to an activating group) is 1. The topological polar surface area (TPSA) is 99.2 Å². The van der Waals surface area contributed by atoms with Crippen LogP contribution in [0.2, 0.25) is 0 Å². The molecule has 0 amide bonds. The molecule has 1 radical (unpaired) electrons. The minimum absolute atomic E-state index is 0. The molecule has 0 fully saturated rings. The van der Waals surface area contributed by atoms with E-state index in [1.165, 1.54) is 14.2 Å². The second-order valence-electron chi connectivity index (χ2n) is 8.85. The van der Waals surface area contributed by atoms with Gasteiger partial charge < -0.3 is 19.1 Å². The molecule has 0 bridgehead atoms. The van der Waals surface area contributed by atoms with Gasteiger partial charge >= 0.3 is 11.9 Å². The molecule has 2 aromatic rings. The van der Waals surface area contributed by atoms with Gasteiger partial charge in [0.2, 0.25) is 0 Å². The fraction of sp³-hybridized carbons (Fsp3) is 0.429. The van der Waals surface area contributed by atoms with Crippen LogP contribution in [0.4, 0.5) is 0 Å². The Balaban J connectivity index is 0.00000684. The third-order valence-corrected chi connectivity index (χ3v) is 5.99. The van der Waals surface area contributed by atoms with E-state index in [0.29, 0.717) is 60.9 Å². The molecule has 0 saturated carbocycles. The van der Waals surface area contributed by atoms with Gasteiger partial charge in [-0.25, -0.2) is 0 Å². The molecular weight excluding hydrogens is 521 g/mol.